The minimum absolute atomic E-state index is 0.195. The van der Waals surface area contributed by atoms with Gasteiger partial charge in [-0.15, -0.1) is 0 Å². The van der Waals surface area contributed by atoms with Crippen molar-refractivity contribution in [2.45, 2.75) is 20.4 Å². The smallest absolute Gasteiger partial charge is 0.290 e. The number of piperazine rings is 1. The fourth-order valence-electron chi connectivity index (χ4n) is 3.62. The van der Waals surface area contributed by atoms with Crippen molar-refractivity contribution in [3.05, 3.63) is 67.5 Å². The van der Waals surface area contributed by atoms with Crippen LogP contribution in [0.25, 0.3) is 5.70 Å². The monoisotopic (exact) mass is 454 g/mol. The van der Waals surface area contributed by atoms with Gasteiger partial charge in [0.1, 0.15) is 5.02 Å². The van der Waals surface area contributed by atoms with Crippen molar-refractivity contribution >= 4 is 46.2 Å². The zero-order chi connectivity index (χ0) is 21.1. The molecule has 2 heterocycles. The number of allylic oxidation sites excluding steroid dienone is 4. The molecule has 1 fully saturated rings. The molecular formula is C21H25Cl3N4O. The molecule has 8 heteroatoms. The molecular weight excluding hydrogens is 431 g/mol. The largest absolute Gasteiger partial charge is 0.368 e. The first-order chi connectivity index (χ1) is 13.9. The number of rotatable bonds is 5. The summed E-state index contributed by atoms with van der Waals surface area (Å²) in [6.07, 6.45) is 5.70. The van der Waals surface area contributed by atoms with Gasteiger partial charge in [0.25, 0.3) is 5.56 Å². The lowest BCUT2D eigenvalue weighted by atomic mass is 10.2. The summed E-state index contributed by atoms with van der Waals surface area (Å²) in [5, 5.41) is 1.65. The van der Waals surface area contributed by atoms with Crippen LogP contribution in [0.4, 0.5) is 5.69 Å². The summed E-state index contributed by atoms with van der Waals surface area (Å²) < 4.78 is 3.46. The molecule has 0 radical (unpaired) electrons. The maximum Gasteiger partial charge on any atom is 0.290 e. The van der Waals surface area contributed by atoms with Crippen LogP contribution in [-0.4, -0.2) is 40.4 Å². The molecule has 0 aliphatic carbocycles. The number of hydrogen-bond acceptors (Lipinski definition) is 3. The van der Waals surface area contributed by atoms with Crippen LogP contribution < -0.4 is 10.5 Å². The lowest BCUT2D eigenvalue weighted by Crippen LogP contribution is -2.46. The van der Waals surface area contributed by atoms with Gasteiger partial charge < -0.3 is 4.90 Å². The maximum atomic E-state index is 12.7. The highest BCUT2D eigenvalue weighted by Gasteiger charge is 2.23. The molecule has 0 atom stereocenters. The van der Waals surface area contributed by atoms with E-state index in [4.69, 9.17) is 34.8 Å². The summed E-state index contributed by atoms with van der Waals surface area (Å²) in [6, 6.07) is 5.52. The van der Waals surface area contributed by atoms with Crippen LogP contribution in [0, 0.1) is 0 Å². The van der Waals surface area contributed by atoms with Crippen LogP contribution in [0.5, 0.6) is 0 Å². The molecule has 0 N–H and O–H groups in total. The predicted octanol–water partition coefficient (Wildman–Crippen LogP) is 4.91. The SMILES string of the molecule is C/C=C\C(=C/C)n1c(=O)c(Cl)c(CN2CCN(c3cc(Cl)ccc3Cl)CC2)n1C. The fourth-order valence-corrected chi connectivity index (χ4v) is 4.29. The summed E-state index contributed by atoms with van der Waals surface area (Å²) in [7, 11) is 1.87. The van der Waals surface area contributed by atoms with E-state index in [1.807, 2.05) is 55.9 Å². The Morgan fingerprint density at radius 3 is 2.41 bits per heavy atom. The molecule has 29 heavy (non-hydrogen) atoms. The third-order valence-electron chi connectivity index (χ3n) is 5.20. The zero-order valence-electron chi connectivity index (χ0n) is 16.8. The molecule has 156 valence electrons. The quantitative estimate of drug-likeness (QED) is 0.601. The summed E-state index contributed by atoms with van der Waals surface area (Å²) in [5.74, 6) is 0. The van der Waals surface area contributed by atoms with E-state index in [9.17, 15) is 4.79 Å². The zero-order valence-corrected chi connectivity index (χ0v) is 19.1. The van der Waals surface area contributed by atoms with Gasteiger partial charge in [-0.3, -0.25) is 14.4 Å². The Morgan fingerprint density at radius 1 is 1.10 bits per heavy atom. The van der Waals surface area contributed by atoms with Gasteiger partial charge in [-0.05, 0) is 38.1 Å². The van der Waals surface area contributed by atoms with E-state index in [1.165, 1.54) is 0 Å². The van der Waals surface area contributed by atoms with Crippen molar-refractivity contribution in [1.29, 1.82) is 0 Å². The first kappa shape index (κ1) is 22.0. The van der Waals surface area contributed by atoms with Gasteiger partial charge in [0.15, 0.2) is 0 Å². The maximum absolute atomic E-state index is 12.7. The van der Waals surface area contributed by atoms with Crippen LogP contribution in [0.15, 0.2) is 41.2 Å². The minimum atomic E-state index is -0.195. The van der Waals surface area contributed by atoms with E-state index in [1.54, 1.807) is 10.7 Å². The second-order valence-electron chi connectivity index (χ2n) is 6.97. The van der Waals surface area contributed by atoms with E-state index in [0.29, 0.717) is 16.6 Å². The van der Waals surface area contributed by atoms with Gasteiger partial charge in [-0.1, -0.05) is 47.0 Å². The van der Waals surface area contributed by atoms with Crippen molar-refractivity contribution in [2.75, 3.05) is 31.1 Å². The summed E-state index contributed by atoms with van der Waals surface area (Å²) in [4.78, 5) is 17.2. The molecule has 1 aliphatic heterocycles. The van der Waals surface area contributed by atoms with Gasteiger partial charge in [0.2, 0.25) is 0 Å². The molecule has 5 nitrogen and oxygen atoms in total. The molecule has 1 saturated heterocycles. The number of benzene rings is 1. The molecule has 0 spiro atoms. The summed E-state index contributed by atoms with van der Waals surface area (Å²) in [6.45, 7) is 7.76. The topological polar surface area (TPSA) is 33.4 Å². The highest BCUT2D eigenvalue weighted by molar-refractivity contribution is 6.35. The van der Waals surface area contributed by atoms with Gasteiger partial charge in [0.05, 0.1) is 22.1 Å². The number of anilines is 1. The van der Waals surface area contributed by atoms with E-state index in [2.05, 4.69) is 9.80 Å². The van der Waals surface area contributed by atoms with Gasteiger partial charge in [0, 0.05) is 44.8 Å². The predicted molar refractivity (Wildman–Crippen MR) is 123 cm³/mol. The Balaban J connectivity index is 1.76. The Kier molecular flexibility index (Phi) is 7.17. The summed E-state index contributed by atoms with van der Waals surface area (Å²) >= 11 is 18.9. The minimum Gasteiger partial charge on any atom is -0.368 e. The number of aromatic nitrogens is 2. The molecule has 0 saturated carbocycles. The molecule has 1 aromatic carbocycles. The third kappa shape index (κ3) is 4.58. The Bertz CT molecular complexity index is 998. The van der Waals surface area contributed by atoms with Crippen molar-refractivity contribution in [2.24, 2.45) is 7.05 Å². The number of nitrogens with zero attached hydrogens (tertiary/aromatic N) is 4. The highest BCUT2D eigenvalue weighted by Crippen LogP contribution is 2.30. The molecule has 0 bridgehead atoms. The van der Waals surface area contributed by atoms with Crippen LogP contribution in [0.3, 0.4) is 0 Å². The Morgan fingerprint density at radius 2 is 1.79 bits per heavy atom. The first-order valence-electron chi connectivity index (χ1n) is 9.55. The van der Waals surface area contributed by atoms with Crippen molar-refractivity contribution in [3.8, 4) is 0 Å². The Labute approximate surface area is 186 Å². The Hall–Kier alpha value is -1.66. The van der Waals surface area contributed by atoms with E-state index in [-0.39, 0.29) is 10.6 Å². The average Bonchev–Trinajstić information content (AvgIpc) is 2.92. The molecule has 1 aromatic heterocycles. The molecule has 2 aromatic rings. The highest BCUT2D eigenvalue weighted by atomic mass is 35.5. The molecule has 0 amide bonds. The normalized spacial score (nSPS) is 16.2. The van der Waals surface area contributed by atoms with Gasteiger partial charge in [-0.2, -0.15) is 0 Å². The van der Waals surface area contributed by atoms with Crippen molar-refractivity contribution in [1.82, 2.24) is 14.3 Å². The van der Waals surface area contributed by atoms with Crippen LogP contribution in [-0.2, 0) is 13.6 Å². The van der Waals surface area contributed by atoms with E-state index >= 15 is 0 Å². The van der Waals surface area contributed by atoms with Gasteiger partial charge >= 0.3 is 0 Å². The lowest BCUT2D eigenvalue weighted by molar-refractivity contribution is 0.243. The summed E-state index contributed by atoms with van der Waals surface area (Å²) in [5.41, 5.74) is 2.38. The van der Waals surface area contributed by atoms with Crippen LogP contribution in [0.1, 0.15) is 19.5 Å². The first-order valence-corrected chi connectivity index (χ1v) is 10.7. The van der Waals surface area contributed by atoms with Crippen LogP contribution >= 0.6 is 34.8 Å². The van der Waals surface area contributed by atoms with Gasteiger partial charge in [-0.25, -0.2) is 4.68 Å². The lowest BCUT2D eigenvalue weighted by Gasteiger charge is -2.36. The molecule has 1 aliphatic rings. The number of halogens is 3. The second kappa shape index (κ2) is 9.43. The fraction of sp³-hybridized carbons (Fsp3) is 0.381. The number of hydrogen-bond donors (Lipinski definition) is 0. The van der Waals surface area contributed by atoms with E-state index in [0.717, 1.165) is 43.3 Å². The molecule has 0 unspecified atom stereocenters. The standard InChI is InChI=1S/C21H25Cl3N4O/c1-4-6-16(5-2)28-21(29)20(24)19(25(28)3)14-26-9-11-27(12-10-26)18-13-15(22)7-8-17(18)23/h4-8,13H,9-12,14H2,1-3H3/b6-4-,16-5+. The van der Waals surface area contributed by atoms with E-state index < -0.39 is 0 Å². The average molecular weight is 456 g/mol. The molecule has 3 rings (SSSR count). The third-order valence-corrected chi connectivity index (χ3v) is 6.13. The van der Waals surface area contributed by atoms with Crippen molar-refractivity contribution in [3.63, 3.8) is 0 Å². The van der Waals surface area contributed by atoms with Crippen LogP contribution in [0.2, 0.25) is 15.1 Å². The second-order valence-corrected chi connectivity index (χ2v) is 8.20. The van der Waals surface area contributed by atoms with Crippen molar-refractivity contribution < 1.29 is 0 Å².